The number of rotatable bonds is 8. The van der Waals surface area contributed by atoms with E-state index in [0.717, 1.165) is 28.9 Å². The van der Waals surface area contributed by atoms with E-state index in [0.29, 0.717) is 17.7 Å². The molecule has 3 aromatic rings. The topological polar surface area (TPSA) is 77.2 Å². The molecule has 6 nitrogen and oxygen atoms in total. The number of aromatic nitrogens is 2. The number of aryl methyl sites for hydroxylation is 1. The zero-order valence-electron chi connectivity index (χ0n) is 16.1. The Morgan fingerprint density at radius 3 is 2.54 bits per heavy atom. The Morgan fingerprint density at radius 1 is 1.14 bits per heavy atom. The molecule has 0 aliphatic carbocycles. The van der Waals surface area contributed by atoms with Crippen LogP contribution >= 0.6 is 11.8 Å². The number of ether oxygens (including phenoxy) is 1. The molecule has 0 saturated carbocycles. The van der Waals surface area contributed by atoms with Crippen LogP contribution in [0.25, 0.3) is 11.5 Å². The summed E-state index contributed by atoms with van der Waals surface area (Å²) < 4.78 is 10.8. The summed E-state index contributed by atoms with van der Waals surface area (Å²) in [6.45, 7) is 4.41. The fourth-order valence-electron chi connectivity index (χ4n) is 2.54. The lowest BCUT2D eigenvalue weighted by molar-refractivity contribution is -0.120. The molecule has 1 heterocycles. The molecule has 0 spiro atoms. The lowest BCUT2D eigenvalue weighted by Crippen LogP contribution is -2.32. The zero-order valence-corrected chi connectivity index (χ0v) is 17.0. The highest BCUT2D eigenvalue weighted by molar-refractivity contribution is 8.00. The average molecular weight is 398 g/mol. The van der Waals surface area contributed by atoms with Gasteiger partial charge in [-0.15, -0.1) is 10.2 Å². The van der Waals surface area contributed by atoms with Crippen LogP contribution < -0.4 is 10.1 Å². The van der Waals surface area contributed by atoms with Gasteiger partial charge in [-0.25, -0.2) is 0 Å². The molecule has 1 amide bonds. The van der Waals surface area contributed by atoms with Crippen LogP contribution in [0, 0.1) is 6.92 Å². The quantitative estimate of drug-likeness (QED) is 0.581. The van der Waals surface area contributed by atoms with Gasteiger partial charge in [0.2, 0.25) is 11.8 Å². The minimum atomic E-state index is -0.331. The predicted molar refractivity (Wildman–Crippen MR) is 109 cm³/mol. The fourth-order valence-corrected chi connectivity index (χ4v) is 3.25. The van der Waals surface area contributed by atoms with Gasteiger partial charge in [0.15, 0.2) is 0 Å². The van der Waals surface area contributed by atoms with Gasteiger partial charge < -0.3 is 14.5 Å². The van der Waals surface area contributed by atoms with Gasteiger partial charge in [-0.2, -0.15) is 0 Å². The fraction of sp³-hybridized carbons (Fsp3) is 0.286. The van der Waals surface area contributed by atoms with Crippen molar-refractivity contribution in [3.63, 3.8) is 0 Å². The maximum absolute atomic E-state index is 12.3. The van der Waals surface area contributed by atoms with Gasteiger partial charge in [0.1, 0.15) is 5.75 Å². The maximum atomic E-state index is 12.3. The molecule has 1 aromatic heterocycles. The van der Waals surface area contributed by atoms with Crippen molar-refractivity contribution in [2.24, 2.45) is 0 Å². The van der Waals surface area contributed by atoms with Gasteiger partial charge in [0.05, 0.1) is 12.4 Å². The van der Waals surface area contributed by atoms with E-state index in [2.05, 4.69) is 15.5 Å². The van der Waals surface area contributed by atoms with Crippen molar-refractivity contribution >= 4 is 17.7 Å². The van der Waals surface area contributed by atoms with E-state index in [4.69, 9.17) is 9.15 Å². The molecule has 0 fully saturated rings. The molecule has 0 radical (unpaired) electrons. The van der Waals surface area contributed by atoms with Gasteiger partial charge in [-0.3, -0.25) is 4.79 Å². The summed E-state index contributed by atoms with van der Waals surface area (Å²) in [5.41, 5.74) is 3.17. The smallest absolute Gasteiger partial charge is 0.277 e. The van der Waals surface area contributed by atoms with Gasteiger partial charge in [0, 0.05) is 12.1 Å². The van der Waals surface area contributed by atoms with Crippen molar-refractivity contribution in [3.8, 4) is 17.2 Å². The van der Waals surface area contributed by atoms with Gasteiger partial charge in [0.25, 0.3) is 5.22 Å². The number of nitrogens with zero attached hydrogens (tertiary/aromatic N) is 2. The Bertz CT molecular complexity index is 907. The molecule has 0 saturated heterocycles. The number of carbonyl (C=O) groups excluding carboxylic acids is 1. The minimum Gasteiger partial charge on any atom is -0.497 e. The highest BCUT2D eigenvalue weighted by Crippen LogP contribution is 2.26. The van der Waals surface area contributed by atoms with Crippen molar-refractivity contribution < 1.29 is 13.9 Å². The third-order valence-corrected chi connectivity index (χ3v) is 5.16. The van der Waals surface area contributed by atoms with Crippen molar-refractivity contribution in [2.45, 2.75) is 30.7 Å². The van der Waals surface area contributed by atoms with Crippen LogP contribution in [0.5, 0.6) is 5.75 Å². The molecule has 1 unspecified atom stereocenters. The summed E-state index contributed by atoms with van der Waals surface area (Å²) in [6, 6.07) is 15.7. The summed E-state index contributed by atoms with van der Waals surface area (Å²) >= 11 is 1.25. The number of amides is 1. The van der Waals surface area contributed by atoms with Crippen molar-refractivity contribution in [3.05, 3.63) is 59.7 Å². The number of carbonyl (C=O) groups is 1. The van der Waals surface area contributed by atoms with Gasteiger partial charge in [-0.1, -0.05) is 41.6 Å². The number of thioether (sulfide) groups is 1. The van der Waals surface area contributed by atoms with Crippen molar-refractivity contribution in [1.82, 2.24) is 15.5 Å². The van der Waals surface area contributed by atoms with E-state index >= 15 is 0 Å². The van der Waals surface area contributed by atoms with Gasteiger partial charge in [-0.05, 0) is 50.1 Å². The Balaban J connectivity index is 1.48. The molecule has 28 heavy (non-hydrogen) atoms. The first-order valence-electron chi connectivity index (χ1n) is 9.03. The molecule has 0 bridgehead atoms. The van der Waals surface area contributed by atoms with Crippen LogP contribution in [0.2, 0.25) is 0 Å². The van der Waals surface area contributed by atoms with Crippen molar-refractivity contribution in [1.29, 1.82) is 0 Å². The second kappa shape index (κ2) is 9.41. The molecule has 0 aliphatic heterocycles. The number of hydrogen-bond donors (Lipinski definition) is 1. The van der Waals surface area contributed by atoms with Crippen LogP contribution in [0.4, 0.5) is 0 Å². The van der Waals surface area contributed by atoms with Crippen LogP contribution in [0.15, 0.2) is 58.2 Å². The highest BCUT2D eigenvalue weighted by Gasteiger charge is 2.18. The number of benzene rings is 2. The molecule has 1 N–H and O–H groups in total. The first-order valence-corrected chi connectivity index (χ1v) is 9.91. The standard InChI is InChI=1S/C21H23N3O3S/c1-14-4-8-17(9-5-14)20-23-24-21(27-20)28-15(2)19(25)22-13-12-16-6-10-18(26-3)11-7-16/h4-11,15H,12-13H2,1-3H3,(H,22,25). The molecule has 7 heteroatoms. The number of nitrogens with one attached hydrogen (secondary N) is 1. The minimum absolute atomic E-state index is 0.0615. The van der Waals surface area contributed by atoms with E-state index < -0.39 is 0 Å². The predicted octanol–water partition coefficient (Wildman–Crippen LogP) is 3.89. The number of methoxy groups -OCH3 is 1. The summed E-state index contributed by atoms with van der Waals surface area (Å²) in [4.78, 5) is 12.3. The van der Waals surface area contributed by atoms with E-state index in [1.165, 1.54) is 11.8 Å². The Morgan fingerprint density at radius 2 is 1.86 bits per heavy atom. The molecule has 1 atom stereocenters. The summed E-state index contributed by atoms with van der Waals surface area (Å²) in [7, 11) is 1.64. The molecule has 3 rings (SSSR count). The third-order valence-electron chi connectivity index (χ3n) is 4.22. The Hall–Kier alpha value is -2.80. The SMILES string of the molecule is COc1ccc(CCNC(=O)C(C)Sc2nnc(-c3ccc(C)cc3)o2)cc1. The monoisotopic (exact) mass is 397 g/mol. The lowest BCUT2D eigenvalue weighted by Gasteiger charge is -2.10. The summed E-state index contributed by atoms with van der Waals surface area (Å²) in [5.74, 6) is 1.21. The van der Waals surface area contributed by atoms with Crippen molar-refractivity contribution in [2.75, 3.05) is 13.7 Å². The van der Waals surface area contributed by atoms with Crippen LogP contribution in [0.1, 0.15) is 18.1 Å². The first-order chi connectivity index (χ1) is 13.5. The van der Waals surface area contributed by atoms with E-state index in [1.54, 1.807) is 7.11 Å². The van der Waals surface area contributed by atoms with Crippen LogP contribution in [-0.2, 0) is 11.2 Å². The summed E-state index contributed by atoms with van der Waals surface area (Å²) in [5, 5.41) is 11.1. The van der Waals surface area contributed by atoms with Crippen LogP contribution in [0.3, 0.4) is 0 Å². The Labute approximate surface area is 168 Å². The zero-order chi connectivity index (χ0) is 19.9. The number of hydrogen-bond acceptors (Lipinski definition) is 6. The normalized spacial score (nSPS) is 11.8. The van der Waals surface area contributed by atoms with E-state index in [-0.39, 0.29) is 11.2 Å². The Kier molecular flexibility index (Phi) is 6.71. The largest absolute Gasteiger partial charge is 0.497 e. The van der Waals surface area contributed by atoms with E-state index in [1.807, 2.05) is 62.4 Å². The molecule has 0 aliphatic rings. The lowest BCUT2D eigenvalue weighted by atomic mass is 10.1. The highest BCUT2D eigenvalue weighted by atomic mass is 32.2. The van der Waals surface area contributed by atoms with E-state index in [9.17, 15) is 4.79 Å². The first kappa shape index (κ1) is 19.9. The molecular formula is C21H23N3O3S. The second-order valence-corrected chi connectivity index (χ2v) is 7.68. The third kappa shape index (κ3) is 5.36. The second-order valence-electron chi connectivity index (χ2n) is 6.39. The molecular weight excluding hydrogens is 374 g/mol. The molecule has 2 aromatic carbocycles. The van der Waals surface area contributed by atoms with Crippen LogP contribution in [-0.4, -0.2) is 35.0 Å². The average Bonchev–Trinajstić information content (AvgIpc) is 3.17. The molecule has 146 valence electrons. The van der Waals surface area contributed by atoms with Gasteiger partial charge >= 0.3 is 0 Å². The maximum Gasteiger partial charge on any atom is 0.277 e. The summed E-state index contributed by atoms with van der Waals surface area (Å²) in [6.07, 6.45) is 0.755.